The molecule has 0 unspecified atom stereocenters. The lowest BCUT2D eigenvalue weighted by atomic mass is 10.1. The molecule has 2 amide bonds. The molecule has 1 aliphatic rings. The average molecular weight is 346 g/mol. The third-order valence-electron chi connectivity index (χ3n) is 4.01. The van der Waals surface area contributed by atoms with Gasteiger partial charge in [-0.25, -0.2) is 0 Å². The van der Waals surface area contributed by atoms with Crippen LogP contribution >= 0.6 is 11.8 Å². The third kappa shape index (κ3) is 3.19. The summed E-state index contributed by atoms with van der Waals surface area (Å²) >= 11 is 0.970. The van der Waals surface area contributed by atoms with Crippen LogP contribution in [0.1, 0.15) is 11.1 Å². The first kappa shape index (κ1) is 15.6. The summed E-state index contributed by atoms with van der Waals surface area (Å²) in [6.07, 6.45) is 5.04. The summed E-state index contributed by atoms with van der Waals surface area (Å²) < 4.78 is 0. The number of thioether (sulfide) groups is 1. The Kier molecular flexibility index (Phi) is 4.07. The van der Waals surface area contributed by atoms with Crippen LogP contribution in [0.4, 0.5) is 4.79 Å². The lowest BCUT2D eigenvalue weighted by Crippen LogP contribution is -2.27. The fourth-order valence-corrected chi connectivity index (χ4v) is 3.61. The average Bonchev–Trinajstić information content (AvgIpc) is 2.90. The van der Waals surface area contributed by atoms with Gasteiger partial charge in [-0.05, 0) is 51.9 Å². The molecule has 122 valence electrons. The van der Waals surface area contributed by atoms with Crippen LogP contribution in [0, 0.1) is 0 Å². The van der Waals surface area contributed by atoms with Crippen LogP contribution in [0.3, 0.4) is 0 Å². The topological polar surface area (TPSA) is 50.3 Å². The number of rotatable bonds is 3. The maximum absolute atomic E-state index is 12.6. The first-order valence-electron chi connectivity index (χ1n) is 7.84. The van der Waals surface area contributed by atoms with E-state index >= 15 is 0 Å². The van der Waals surface area contributed by atoms with Crippen molar-refractivity contribution < 1.29 is 9.59 Å². The summed E-state index contributed by atoms with van der Waals surface area (Å²) in [5, 5.41) is 1.99. The van der Waals surface area contributed by atoms with Gasteiger partial charge in [0.25, 0.3) is 11.1 Å². The van der Waals surface area contributed by atoms with Crippen LogP contribution < -0.4 is 0 Å². The number of fused-ring (bicyclic) bond motifs is 1. The van der Waals surface area contributed by atoms with E-state index < -0.39 is 0 Å². The number of nitrogens with zero attached hydrogens (tertiary/aromatic N) is 2. The van der Waals surface area contributed by atoms with Gasteiger partial charge in [-0.15, -0.1) is 0 Å². The Hall–Kier alpha value is -2.92. The highest BCUT2D eigenvalue weighted by molar-refractivity contribution is 8.18. The molecule has 0 bridgehead atoms. The highest BCUT2D eigenvalue weighted by Crippen LogP contribution is 2.33. The minimum atomic E-state index is -0.257. The summed E-state index contributed by atoms with van der Waals surface area (Å²) in [5.41, 5.74) is 1.74. The SMILES string of the molecule is O=C1S/C(=C\c2cccnc2)C(=O)N1Cc1ccc2ccccc2c1. The Balaban J connectivity index is 1.59. The lowest BCUT2D eigenvalue weighted by molar-refractivity contribution is -0.123. The second-order valence-electron chi connectivity index (χ2n) is 5.74. The Labute approximate surface area is 149 Å². The van der Waals surface area contributed by atoms with E-state index in [9.17, 15) is 9.59 Å². The van der Waals surface area contributed by atoms with E-state index in [-0.39, 0.29) is 17.7 Å². The monoisotopic (exact) mass is 346 g/mol. The summed E-state index contributed by atoms with van der Waals surface area (Å²) in [6, 6.07) is 17.7. The molecule has 0 atom stereocenters. The normalized spacial score (nSPS) is 16.2. The van der Waals surface area contributed by atoms with Crippen molar-refractivity contribution in [3.63, 3.8) is 0 Å². The van der Waals surface area contributed by atoms with Gasteiger partial charge in [0.1, 0.15) is 0 Å². The number of carbonyl (C=O) groups is 2. The Morgan fingerprint density at radius 1 is 1.00 bits per heavy atom. The van der Waals surface area contributed by atoms with E-state index in [0.717, 1.165) is 33.7 Å². The number of carbonyl (C=O) groups excluding carboxylic acids is 2. The van der Waals surface area contributed by atoms with Crippen molar-refractivity contribution in [3.8, 4) is 0 Å². The second kappa shape index (κ2) is 6.53. The van der Waals surface area contributed by atoms with E-state index in [4.69, 9.17) is 0 Å². The van der Waals surface area contributed by atoms with Gasteiger partial charge in [0.05, 0.1) is 11.4 Å². The van der Waals surface area contributed by atoms with Crippen LogP contribution in [0.5, 0.6) is 0 Å². The standard InChI is InChI=1S/C20H14N2O2S/c23-19-18(11-14-4-3-9-21-12-14)25-20(24)22(19)13-15-7-8-16-5-1-2-6-17(16)10-15/h1-12H,13H2/b18-11-. The molecule has 0 spiro atoms. The molecule has 4 rings (SSSR count). The van der Waals surface area contributed by atoms with Crippen LogP contribution in [0.15, 0.2) is 71.9 Å². The molecule has 25 heavy (non-hydrogen) atoms. The molecule has 0 aliphatic carbocycles. The number of imide groups is 1. The van der Waals surface area contributed by atoms with Gasteiger partial charge in [0.15, 0.2) is 0 Å². The van der Waals surface area contributed by atoms with Crippen LogP contribution in [-0.2, 0) is 11.3 Å². The predicted molar refractivity (Wildman–Crippen MR) is 99.7 cm³/mol. The van der Waals surface area contributed by atoms with Gasteiger partial charge in [0.2, 0.25) is 0 Å². The number of hydrogen-bond acceptors (Lipinski definition) is 4. The van der Waals surface area contributed by atoms with Gasteiger partial charge < -0.3 is 0 Å². The molecule has 4 nitrogen and oxygen atoms in total. The molecular formula is C20H14N2O2S. The van der Waals surface area contributed by atoms with Crippen molar-refractivity contribution in [3.05, 3.63) is 83.0 Å². The molecule has 1 aliphatic heterocycles. The lowest BCUT2D eigenvalue weighted by Gasteiger charge is -2.13. The second-order valence-corrected chi connectivity index (χ2v) is 6.73. The minimum absolute atomic E-state index is 0.242. The summed E-state index contributed by atoms with van der Waals surface area (Å²) in [7, 11) is 0. The predicted octanol–water partition coefficient (Wildman–Crippen LogP) is 4.47. The molecule has 1 fully saturated rings. The summed E-state index contributed by atoms with van der Waals surface area (Å²) in [6.45, 7) is 0.278. The summed E-state index contributed by atoms with van der Waals surface area (Å²) in [4.78, 5) is 30.6. The molecule has 2 aromatic carbocycles. The fraction of sp³-hybridized carbons (Fsp3) is 0.0500. The maximum Gasteiger partial charge on any atom is 0.293 e. The molecular weight excluding hydrogens is 332 g/mol. The number of hydrogen-bond donors (Lipinski definition) is 0. The van der Waals surface area contributed by atoms with Gasteiger partial charge in [-0.3, -0.25) is 19.5 Å². The molecule has 2 heterocycles. The number of pyridine rings is 1. The Morgan fingerprint density at radius 2 is 1.84 bits per heavy atom. The molecule has 1 saturated heterocycles. The molecule has 0 radical (unpaired) electrons. The van der Waals surface area contributed by atoms with Crippen molar-refractivity contribution in [1.29, 1.82) is 0 Å². The highest BCUT2D eigenvalue weighted by Gasteiger charge is 2.34. The van der Waals surface area contributed by atoms with Crippen LogP contribution in [0.25, 0.3) is 16.8 Å². The minimum Gasteiger partial charge on any atom is -0.268 e. The van der Waals surface area contributed by atoms with E-state index in [1.165, 1.54) is 4.90 Å². The van der Waals surface area contributed by atoms with Gasteiger partial charge in [0, 0.05) is 12.4 Å². The van der Waals surface area contributed by atoms with Crippen LogP contribution in [-0.4, -0.2) is 21.0 Å². The Morgan fingerprint density at radius 3 is 2.64 bits per heavy atom. The van der Waals surface area contributed by atoms with Gasteiger partial charge >= 0.3 is 0 Å². The first-order valence-corrected chi connectivity index (χ1v) is 8.65. The van der Waals surface area contributed by atoms with Gasteiger partial charge in [-0.2, -0.15) is 0 Å². The molecule has 0 N–H and O–H groups in total. The van der Waals surface area contributed by atoms with E-state index in [0.29, 0.717) is 4.91 Å². The van der Waals surface area contributed by atoms with Crippen LogP contribution in [0.2, 0.25) is 0 Å². The zero-order valence-electron chi connectivity index (χ0n) is 13.3. The largest absolute Gasteiger partial charge is 0.293 e. The fourth-order valence-electron chi connectivity index (χ4n) is 2.77. The van der Waals surface area contributed by atoms with Crippen molar-refractivity contribution in [2.24, 2.45) is 0 Å². The smallest absolute Gasteiger partial charge is 0.268 e. The maximum atomic E-state index is 12.6. The number of amides is 2. The van der Waals surface area contributed by atoms with E-state index in [1.54, 1.807) is 24.5 Å². The van der Waals surface area contributed by atoms with E-state index in [1.807, 2.05) is 48.5 Å². The quantitative estimate of drug-likeness (QED) is 0.657. The van der Waals surface area contributed by atoms with Crippen molar-refractivity contribution in [2.75, 3.05) is 0 Å². The highest BCUT2D eigenvalue weighted by atomic mass is 32.2. The van der Waals surface area contributed by atoms with E-state index in [2.05, 4.69) is 4.98 Å². The van der Waals surface area contributed by atoms with Gasteiger partial charge in [-0.1, -0.05) is 42.5 Å². The summed E-state index contributed by atoms with van der Waals surface area (Å²) in [5.74, 6) is -0.257. The molecule has 0 saturated carbocycles. The first-order chi connectivity index (χ1) is 12.2. The number of aromatic nitrogens is 1. The van der Waals surface area contributed by atoms with Crippen molar-refractivity contribution in [2.45, 2.75) is 6.54 Å². The zero-order chi connectivity index (χ0) is 17.2. The third-order valence-corrected chi connectivity index (χ3v) is 4.92. The van der Waals surface area contributed by atoms with Crippen molar-refractivity contribution in [1.82, 2.24) is 9.88 Å². The van der Waals surface area contributed by atoms with Crippen molar-refractivity contribution >= 4 is 39.8 Å². The number of benzene rings is 2. The Bertz CT molecular complexity index is 999. The molecule has 1 aromatic heterocycles. The molecule has 5 heteroatoms. The molecule has 3 aromatic rings. The zero-order valence-corrected chi connectivity index (χ0v) is 14.1.